The number of aromatic nitrogens is 2. The zero-order chi connectivity index (χ0) is 14.3. The van der Waals surface area contributed by atoms with Crippen LogP contribution in [0, 0.1) is 5.82 Å². The van der Waals surface area contributed by atoms with E-state index >= 15 is 0 Å². The number of halogens is 2. The van der Waals surface area contributed by atoms with Crippen LogP contribution in [0.25, 0.3) is 22.4 Å². The first kappa shape index (κ1) is 12.7. The number of ether oxygens (including phenoxy) is 1. The smallest absolute Gasteiger partial charge is 0.141 e. The molecule has 0 spiro atoms. The quantitative estimate of drug-likeness (QED) is 0.709. The number of nitrogens with two attached hydrogens (primary N) is 1. The molecule has 0 saturated carbocycles. The molecule has 6 heteroatoms. The monoisotopic (exact) mass is 291 g/mol. The Morgan fingerprint density at radius 1 is 1.30 bits per heavy atom. The van der Waals surface area contributed by atoms with E-state index in [-0.39, 0.29) is 0 Å². The summed E-state index contributed by atoms with van der Waals surface area (Å²) in [6.07, 6.45) is 0. The number of H-pyrrole nitrogens is 1. The molecule has 0 aliphatic carbocycles. The van der Waals surface area contributed by atoms with Crippen LogP contribution < -0.4 is 10.5 Å². The summed E-state index contributed by atoms with van der Waals surface area (Å²) in [5, 5.41) is 0.500. The zero-order valence-corrected chi connectivity index (χ0v) is 11.3. The lowest BCUT2D eigenvalue weighted by Gasteiger charge is -2.02. The van der Waals surface area contributed by atoms with Gasteiger partial charge in [0, 0.05) is 11.1 Å². The van der Waals surface area contributed by atoms with E-state index in [1.165, 1.54) is 13.2 Å². The van der Waals surface area contributed by atoms with Crippen molar-refractivity contribution in [3.05, 3.63) is 41.2 Å². The van der Waals surface area contributed by atoms with Gasteiger partial charge >= 0.3 is 0 Å². The van der Waals surface area contributed by atoms with Gasteiger partial charge < -0.3 is 15.5 Å². The maximum absolute atomic E-state index is 14.0. The minimum absolute atomic E-state index is 0.345. The van der Waals surface area contributed by atoms with Crippen LogP contribution in [0.4, 0.5) is 10.1 Å². The van der Waals surface area contributed by atoms with Crippen LogP contribution in [0.5, 0.6) is 5.75 Å². The number of hydrogen-bond acceptors (Lipinski definition) is 3. The van der Waals surface area contributed by atoms with E-state index in [2.05, 4.69) is 9.97 Å². The van der Waals surface area contributed by atoms with Crippen molar-refractivity contribution in [2.24, 2.45) is 0 Å². The van der Waals surface area contributed by atoms with Crippen LogP contribution in [0.1, 0.15) is 0 Å². The SMILES string of the molecule is COc1ccc(-c2nc3c(N)cc(Cl)cc3[nH]2)c(F)c1. The molecular formula is C14H11ClFN3O. The summed E-state index contributed by atoms with van der Waals surface area (Å²) in [5.74, 6) is 0.423. The third-order valence-electron chi connectivity index (χ3n) is 3.01. The number of rotatable bonds is 2. The Morgan fingerprint density at radius 2 is 2.10 bits per heavy atom. The van der Waals surface area contributed by atoms with Crippen LogP contribution in [0.3, 0.4) is 0 Å². The molecule has 1 aromatic heterocycles. The van der Waals surface area contributed by atoms with Crippen LogP contribution in [-0.2, 0) is 0 Å². The number of methoxy groups -OCH3 is 1. The molecule has 102 valence electrons. The number of anilines is 1. The lowest BCUT2D eigenvalue weighted by molar-refractivity contribution is 0.411. The Balaban J connectivity index is 2.17. The third kappa shape index (κ3) is 2.06. The van der Waals surface area contributed by atoms with Gasteiger partial charge in [-0.25, -0.2) is 9.37 Å². The summed E-state index contributed by atoms with van der Waals surface area (Å²) < 4.78 is 19.0. The summed E-state index contributed by atoms with van der Waals surface area (Å²) in [5.41, 5.74) is 7.88. The fourth-order valence-electron chi connectivity index (χ4n) is 2.05. The maximum atomic E-state index is 14.0. The highest BCUT2D eigenvalue weighted by atomic mass is 35.5. The molecule has 3 N–H and O–H groups in total. The molecule has 0 atom stereocenters. The Kier molecular flexibility index (Phi) is 2.99. The number of nitrogens with one attached hydrogen (secondary N) is 1. The van der Waals surface area contributed by atoms with Crippen molar-refractivity contribution in [2.45, 2.75) is 0 Å². The van der Waals surface area contributed by atoms with Crippen molar-refractivity contribution in [1.29, 1.82) is 0 Å². The fourth-order valence-corrected chi connectivity index (χ4v) is 2.28. The maximum Gasteiger partial charge on any atom is 0.141 e. The topological polar surface area (TPSA) is 63.9 Å². The summed E-state index contributed by atoms with van der Waals surface area (Å²) in [7, 11) is 1.48. The van der Waals surface area contributed by atoms with E-state index in [4.69, 9.17) is 22.1 Å². The second kappa shape index (κ2) is 4.68. The highest BCUT2D eigenvalue weighted by Gasteiger charge is 2.13. The first-order valence-electron chi connectivity index (χ1n) is 5.87. The summed E-state index contributed by atoms with van der Waals surface area (Å²) in [6, 6.07) is 7.88. The molecular weight excluding hydrogens is 281 g/mol. The van der Waals surface area contributed by atoms with Gasteiger partial charge in [0.05, 0.1) is 23.9 Å². The van der Waals surface area contributed by atoms with Crippen molar-refractivity contribution in [2.75, 3.05) is 12.8 Å². The molecule has 20 heavy (non-hydrogen) atoms. The molecule has 0 aliphatic heterocycles. The molecule has 0 radical (unpaired) electrons. The second-order valence-electron chi connectivity index (χ2n) is 4.32. The lowest BCUT2D eigenvalue weighted by Crippen LogP contribution is -1.89. The predicted octanol–water partition coefficient (Wildman–Crippen LogP) is 3.61. The molecule has 0 amide bonds. The Morgan fingerprint density at radius 3 is 2.80 bits per heavy atom. The molecule has 0 unspecified atom stereocenters. The van der Waals surface area contributed by atoms with Crippen LogP contribution in [0.2, 0.25) is 5.02 Å². The minimum Gasteiger partial charge on any atom is -0.497 e. The van der Waals surface area contributed by atoms with Crippen molar-refractivity contribution >= 4 is 28.3 Å². The first-order valence-corrected chi connectivity index (χ1v) is 6.25. The number of nitrogen functional groups attached to an aromatic ring is 1. The normalized spacial score (nSPS) is 10.9. The summed E-state index contributed by atoms with van der Waals surface area (Å²) in [6.45, 7) is 0. The largest absolute Gasteiger partial charge is 0.497 e. The molecule has 4 nitrogen and oxygen atoms in total. The zero-order valence-electron chi connectivity index (χ0n) is 10.6. The van der Waals surface area contributed by atoms with Crippen molar-refractivity contribution in [3.63, 3.8) is 0 Å². The van der Waals surface area contributed by atoms with Crippen LogP contribution in [0.15, 0.2) is 30.3 Å². The molecule has 0 fully saturated rings. The highest BCUT2D eigenvalue weighted by molar-refractivity contribution is 6.31. The predicted molar refractivity (Wildman–Crippen MR) is 77.5 cm³/mol. The van der Waals surface area contributed by atoms with E-state index in [9.17, 15) is 4.39 Å². The van der Waals surface area contributed by atoms with Gasteiger partial charge in [-0.05, 0) is 24.3 Å². The number of nitrogens with zero attached hydrogens (tertiary/aromatic N) is 1. The Labute approximate surface area is 119 Å². The summed E-state index contributed by atoms with van der Waals surface area (Å²) >= 11 is 5.93. The fraction of sp³-hybridized carbons (Fsp3) is 0.0714. The van der Waals surface area contributed by atoms with E-state index < -0.39 is 5.82 Å². The molecule has 1 heterocycles. The molecule has 3 rings (SSSR count). The van der Waals surface area contributed by atoms with Gasteiger partial charge in [-0.2, -0.15) is 0 Å². The van der Waals surface area contributed by atoms with E-state index in [1.807, 2.05) is 0 Å². The van der Waals surface area contributed by atoms with Crippen LogP contribution in [-0.4, -0.2) is 17.1 Å². The van der Waals surface area contributed by atoms with Gasteiger partial charge in [0.15, 0.2) is 0 Å². The number of fused-ring (bicyclic) bond motifs is 1. The number of hydrogen-bond donors (Lipinski definition) is 2. The van der Waals surface area contributed by atoms with Gasteiger partial charge in [-0.1, -0.05) is 11.6 Å². The van der Waals surface area contributed by atoms with Gasteiger partial charge in [0.2, 0.25) is 0 Å². The number of imidazole rings is 1. The van der Waals surface area contributed by atoms with E-state index in [1.54, 1.807) is 24.3 Å². The van der Waals surface area contributed by atoms with E-state index in [0.717, 1.165) is 0 Å². The van der Waals surface area contributed by atoms with Gasteiger partial charge in [-0.15, -0.1) is 0 Å². The Bertz CT molecular complexity index is 800. The van der Waals surface area contributed by atoms with Gasteiger partial charge in [0.25, 0.3) is 0 Å². The lowest BCUT2D eigenvalue weighted by atomic mass is 10.2. The average Bonchev–Trinajstić information content (AvgIpc) is 2.82. The average molecular weight is 292 g/mol. The Hall–Kier alpha value is -2.27. The molecule has 0 saturated heterocycles. The highest BCUT2D eigenvalue weighted by Crippen LogP contribution is 2.29. The van der Waals surface area contributed by atoms with Gasteiger partial charge in [-0.3, -0.25) is 0 Å². The van der Waals surface area contributed by atoms with Crippen molar-refractivity contribution in [3.8, 4) is 17.1 Å². The first-order chi connectivity index (χ1) is 9.58. The number of benzene rings is 2. The van der Waals surface area contributed by atoms with Crippen molar-refractivity contribution in [1.82, 2.24) is 9.97 Å². The molecule has 2 aromatic carbocycles. The standard InChI is InChI=1S/C14H11ClFN3O/c1-20-8-2-3-9(10(16)6-8)14-18-12-5-7(15)4-11(17)13(12)19-14/h2-6H,17H2,1H3,(H,18,19). The van der Waals surface area contributed by atoms with Crippen molar-refractivity contribution < 1.29 is 9.13 Å². The van der Waals surface area contributed by atoms with Gasteiger partial charge in [0.1, 0.15) is 22.9 Å². The number of aromatic amines is 1. The second-order valence-corrected chi connectivity index (χ2v) is 4.76. The minimum atomic E-state index is -0.423. The van der Waals surface area contributed by atoms with Crippen LogP contribution >= 0.6 is 11.6 Å². The molecule has 3 aromatic rings. The summed E-state index contributed by atoms with van der Waals surface area (Å²) in [4.78, 5) is 7.34. The van der Waals surface area contributed by atoms with E-state index in [0.29, 0.717) is 38.9 Å². The molecule has 0 bridgehead atoms. The molecule has 0 aliphatic rings. The third-order valence-corrected chi connectivity index (χ3v) is 3.23.